The fourth-order valence-electron chi connectivity index (χ4n) is 3.03. The standard InChI is InChI=1S/C13H26N2O/c1-3-14-13-4-7-15(8-5-13)11(2)12-6-9-16-10-12/h11-14H,3-10H2,1-2H3. The van der Waals surface area contributed by atoms with Crippen LogP contribution in [0.2, 0.25) is 0 Å². The molecule has 0 amide bonds. The summed E-state index contributed by atoms with van der Waals surface area (Å²) in [5, 5.41) is 3.56. The molecular weight excluding hydrogens is 200 g/mol. The summed E-state index contributed by atoms with van der Waals surface area (Å²) in [6, 6.07) is 1.47. The second-order valence-electron chi connectivity index (χ2n) is 5.23. The molecule has 0 saturated carbocycles. The Kier molecular flexibility index (Phi) is 4.62. The van der Waals surface area contributed by atoms with Gasteiger partial charge in [0.2, 0.25) is 0 Å². The highest BCUT2D eigenvalue weighted by atomic mass is 16.5. The molecule has 0 aromatic carbocycles. The van der Waals surface area contributed by atoms with E-state index in [0.29, 0.717) is 6.04 Å². The molecule has 94 valence electrons. The third-order valence-electron chi connectivity index (χ3n) is 4.25. The molecule has 0 aromatic heterocycles. The molecule has 2 heterocycles. The summed E-state index contributed by atoms with van der Waals surface area (Å²) in [6.45, 7) is 10.2. The maximum atomic E-state index is 5.49. The van der Waals surface area contributed by atoms with Crippen LogP contribution in [0.4, 0.5) is 0 Å². The van der Waals surface area contributed by atoms with E-state index in [1.807, 2.05) is 0 Å². The third-order valence-corrected chi connectivity index (χ3v) is 4.25. The maximum Gasteiger partial charge on any atom is 0.0509 e. The van der Waals surface area contributed by atoms with Crippen molar-refractivity contribution < 1.29 is 4.74 Å². The summed E-state index contributed by atoms with van der Waals surface area (Å²) in [4.78, 5) is 2.66. The molecule has 2 aliphatic heterocycles. The van der Waals surface area contributed by atoms with Crippen molar-refractivity contribution in [3.63, 3.8) is 0 Å². The first kappa shape index (κ1) is 12.3. The van der Waals surface area contributed by atoms with E-state index in [-0.39, 0.29) is 0 Å². The topological polar surface area (TPSA) is 24.5 Å². The van der Waals surface area contributed by atoms with Gasteiger partial charge in [0, 0.05) is 18.7 Å². The zero-order chi connectivity index (χ0) is 11.4. The van der Waals surface area contributed by atoms with Crippen LogP contribution >= 0.6 is 0 Å². The van der Waals surface area contributed by atoms with Crippen LogP contribution in [0, 0.1) is 5.92 Å². The zero-order valence-corrected chi connectivity index (χ0v) is 10.7. The second-order valence-corrected chi connectivity index (χ2v) is 5.23. The minimum atomic E-state index is 0.713. The molecule has 0 spiro atoms. The number of rotatable bonds is 4. The third kappa shape index (κ3) is 2.96. The van der Waals surface area contributed by atoms with Crippen LogP contribution in [0.15, 0.2) is 0 Å². The van der Waals surface area contributed by atoms with E-state index < -0.39 is 0 Å². The molecule has 2 unspecified atom stereocenters. The molecule has 2 atom stereocenters. The van der Waals surface area contributed by atoms with Gasteiger partial charge in [-0.3, -0.25) is 0 Å². The summed E-state index contributed by atoms with van der Waals surface area (Å²) < 4.78 is 5.49. The van der Waals surface area contributed by atoms with Crippen LogP contribution in [0.25, 0.3) is 0 Å². The van der Waals surface area contributed by atoms with Gasteiger partial charge in [-0.1, -0.05) is 6.92 Å². The van der Waals surface area contributed by atoms with Gasteiger partial charge in [-0.15, -0.1) is 0 Å². The number of likely N-dealkylation sites (tertiary alicyclic amines) is 1. The highest BCUT2D eigenvalue weighted by molar-refractivity contribution is 4.84. The SMILES string of the molecule is CCNC1CCN(C(C)C2CCOC2)CC1. The van der Waals surface area contributed by atoms with Crippen molar-refractivity contribution in [1.82, 2.24) is 10.2 Å². The summed E-state index contributed by atoms with van der Waals surface area (Å²) in [5.41, 5.74) is 0. The monoisotopic (exact) mass is 226 g/mol. The molecule has 2 rings (SSSR count). The van der Waals surface area contributed by atoms with Gasteiger partial charge in [-0.2, -0.15) is 0 Å². The van der Waals surface area contributed by atoms with E-state index in [1.165, 1.54) is 32.4 Å². The lowest BCUT2D eigenvalue weighted by Gasteiger charge is -2.38. The Labute approximate surface area is 99.5 Å². The number of hydrogen-bond donors (Lipinski definition) is 1. The number of hydrogen-bond acceptors (Lipinski definition) is 3. The molecule has 2 fully saturated rings. The molecule has 3 nitrogen and oxygen atoms in total. The second kappa shape index (κ2) is 5.99. The lowest BCUT2D eigenvalue weighted by Crippen LogP contribution is -2.48. The predicted octanol–water partition coefficient (Wildman–Crippen LogP) is 1.49. The van der Waals surface area contributed by atoms with E-state index in [9.17, 15) is 0 Å². The Hall–Kier alpha value is -0.120. The van der Waals surface area contributed by atoms with E-state index in [4.69, 9.17) is 4.74 Å². The van der Waals surface area contributed by atoms with Crippen LogP contribution in [-0.2, 0) is 4.74 Å². The van der Waals surface area contributed by atoms with Gasteiger partial charge < -0.3 is 15.0 Å². The van der Waals surface area contributed by atoms with Crippen LogP contribution in [0.3, 0.4) is 0 Å². The van der Waals surface area contributed by atoms with Crippen molar-refractivity contribution in [2.45, 2.75) is 45.2 Å². The molecule has 0 aliphatic carbocycles. The van der Waals surface area contributed by atoms with Crippen LogP contribution < -0.4 is 5.32 Å². The Morgan fingerprint density at radius 1 is 1.31 bits per heavy atom. The molecule has 2 saturated heterocycles. The van der Waals surface area contributed by atoms with Gasteiger partial charge in [0.1, 0.15) is 0 Å². The molecule has 0 bridgehead atoms. The van der Waals surface area contributed by atoms with Gasteiger partial charge in [0.15, 0.2) is 0 Å². The van der Waals surface area contributed by atoms with Gasteiger partial charge in [0.05, 0.1) is 6.61 Å². The van der Waals surface area contributed by atoms with Crippen molar-refractivity contribution in [1.29, 1.82) is 0 Å². The lowest BCUT2D eigenvalue weighted by molar-refractivity contribution is 0.101. The van der Waals surface area contributed by atoms with Crippen molar-refractivity contribution >= 4 is 0 Å². The quantitative estimate of drug-likeness (QED) is 0.786. The number of nitrogens with one attached hydrogen (secondary N) is 1. The van der Waals surface area contributed by atoms with E-state index >= 15 is 0 Å². The summed E-state index contributed by atoms with van der Waals surface area (Å²) in [7, 11) is 0. The number of piperidine rings is 1. The Balaban J connectivity index is 1.74. The molecule has 0 radical (unpaired) electrons. The Bertz CT molecular complexity index is 196. The van der Waals surface area contributed by atoms with E-state index in [1.54, 1.807) is 0 Å². The highest BCUT2D eigenvalue weighted by Gasteiger charge is 2.29. The molecule has 16 heavy (non-hydrogen) atoms. The van der Waals surface area contributed by atoms with E-state index in [2.05, 4.69) is 24.1 Å². The fourth-order valence-corrected chi connectivity index (χ4v) is 3.03. The molecule has 1 N–H and O–H groups in total. The average molecular weight is 226 g/mol. The lowest BCUT2D eigenvalue weighted by atomic mass is 9.95. The van der Waals surface area contributed by atoms with Crippen LogP contribution in [-0.4, -0.2) is 49.8 Å². The summed E-state index contributed by atoms with van der Waals surface area (Å²) in [5.74, 6) is 0.774. The van der Waals surface area contributed by atoms with Gasteiger partial charge in [-0.25, -0.2) is 0 Å². The largest absolute Gasteiger partial charge is 0.381 e. The van der Waals surface area contributed by atoms with Crippen molar-refractivity contribution in [2.24, 2.45) is 5.92 Å². The highest BCUT2D eigenvalue weighted by Crippen LogP contribution is 2.23. The first-order valence-electron chi connectivity index (χ1n) is 6.86. The van der Waals surface area contributed by atoms with Gasteiger partial charge in [0.25, 0.3) is 0 Å². The van der Waals surface area contributed by atoms with Gasteiger partial charge >= 0.3 is 0 Å². The normalized spacial score (nSPS) is 30.8. The smallest absolute Gasteiger partial charge is 0.0509 e. The molecule has 3 heteroatoms. The van der Waals surface area contributed by atoms with Crippen molar-refractivity contribution in [2.75, 3.05) is 32.8 Å². The maximum absolute atomic E-state index is 5.49. The fraction of sp³-hybridized carbons (Fsp3) is 1.00. The minimum absolute atomic E-state index is 0.713. The number of ether oxygens (including phenoxy) is 1. The predicted molar refractivity (Wildman–Crippen MR) is 66.7 cm³/mol. The molecular formula is C13H26N2O. The van der Waals surface area contributed by atoms with E-state index in [0.717, 1.165) is 31.7 Å². The number of nitrogens with zero attached hydrogens (tertiary/aromatic N) is 1. The summed E-state index contributed by atoms with van der Waals surface area (Å²) in [6.07, 6.45) is 3.88. The van der Waals surface area contributed by atoms with Crippen molar-refractivity contribution in [3.05, 3.63) is 0 Å². The first-order chi connectivity index (χ1) is 7.81. The van der Waals surface area contributed by atoms with Crippen LogP contribution in [0.1, 0.15) is 33.1 Å². The minimum Gasteiger partial charge on any atom is -0.381 e. The first-order valence-corrected chi connectivity index (χ1v) is 6.86. The average Bonchev–Trinajstić information content (AvgIpc) is 2.83. The Morgan fingerprint density at radius 2 is 2.06 bits per heavy atom. The zero-order valence-electron chi connectivity index (χ0n) is 10.7. The van der Waals surface area contributed by atoms with Gasteiger partial charge in [-0.05, 0) is 51.7 Å². The van der Waals surface area contributed by atoms with Crippen molar-refractivity contribution in [3.8, 4) is 0 Å². The molecule has 0 aromatic rings. The molecule has 2 aliphatic rings. The summed E-state index contributed by atoms with van der Waals surface area (Å²) >= 11 is 0. The Morgan fingerprint density at radius 3 is 2.62 bits per heavy atom. The van der Waals surface area contributed by atoms with Crippen LogP contribution in [0.5, 0.6) is 0 Å².